The number of sulfonamides is 1. The van der Waals surface area contributed by atoms with Gasteiger partial charge >= 0.3 is 0 Å². The Balaban J connectivity index is 1.72. The van der Waals surface area contributed by atoms with Gasteiger partial charge in [0.15, 0.2) is 0 Å². The van der Waals surface area contributed by atoms with E-state index in [1.54, 1.807) is 30.5 Å². The average molecular weight is 399 g/mol. The van der Waals surface area contributed by atoms with Crippen LogP contribution in [0.15, 0.2) is 71.8 Å². The summed E-state index contributed by atoms with van der Waals surface area (Å²) in [6, 6.07) is 17.0. The molecule has 0 atom stereocenters. The molecule has 146 valence electrons. The maximum absolute atomic E-state index is 12.5. The van der Waals surface area contributed by atoms with E-state index in [9.17, 15) is 8.42 Å². The van der Waals surface area contributed by atoms with Crippen LogP contribution < -0.4 is 19.5 Å². The molecule has 1 heterocycles. The molecule has 28 heavy (non-hydrogen) atoms. The summed E-state index contributed by atoms with van der Waals surface area (Å²) in [5.74, 6) is 1.54. The van der Waals surface area contributed by atoms with E-state index >= 15 is 0 Å². The van der Waals surface area contributed by atoms with E-state index in [1.807, 2.05) is 31.2 Å². The SMILES string of the molecule is CCOc1ccccc1Nc1ccc(NS(=O)(=O)c2ccc(OC)cc2)nc1. The lowest BCUT2D eigenvalue weighted by Crippen LogP contribution is -2.13. The van der Waals surface area contributed by atoms with Gasteiger partial charge in [-0.15, -0.1) is 0 Å². The number of ether oxygens (including phenoxy) is 2. The van der Waals surface area contributed by atoms with Gasteiger partial charge < -0.3 is 14.8 Å². The maximum atomic E-state index is 12.5. The molecule has 7 nitrogen and oxygen atoms in total. The number of methoxy groups -OCH3 is 1. The zero-order valence-electron chi connectivity index (χ0n) is 15.5. The fourth-order valence-corrected chi connectivity index (χ4v) is 3.49. The van der Waals surface area contributed by atoms with Gasteiger partial charge in [-0.3, -0.25) is 4.72 Å². The molecule has 0 aliphatic rings. The highest BCUT2D eigenvalue weighted by atomic mass is 32.2. The first-order valence-electron chi connectivity index (χ1n) is 8.63. The zero-order chi connectivity index (χ0) is 20.0. The second-order valence-corrected chi connectivity index (χ2v) is 7.45. The summed E-state index contributed by atoms with van der Waals surface area (Å²) in [5, 5.41) is 3.21. The summed E-state index contributed by atoms with van der Waals surface area (Å²) in [6.45, 7) is 2.48. The van der Waals surface area contributed by atoms with Gasteiger partial charge in [-0.1, -0.05) is 12.1 Å². The maximum Gasteiger partial charge on any atom is 0.263 e. The molecule has 1 aromatic heterocycles. The molecule has 0 amide bonds. The van der Waals surface area contributed by atoms with E-state index in [2.05, 4.69) is 15.0 Å². The third-order valence-electron chi connectivity index (χ3n) is 3.84. The van der Waals surface area contributed by atoms with Crippen molar-refractivity contribution in [3.8, 4) is 11.5 Å². The van der Waals surface area contributed by atoms with Crippen LogP contribution in [-0.4, -0.2) is 27.1 Å². The zero-order valence-corrected chi connectivity index (χ0v) is 16.4. The Hall–Kier alpha value is -3.26. The summed E-state index contributed by atoms with van der Waals surface area (Å²) in [5.41, 5.74) is 1.51. The molecule has 0 bridgehead atoms. The molecule has 0 saturated carbocycles. The van der Waals surface area contributed by atoms with Gasteiger partial charge in [0.05, 0.1) is 36.2 Å². The van der Waals surface area contributed by atoms with Crippen molar-refractivity contribution in [2.24, 2.45) is 0 Å². The van der Waals surface area contributed by atoms with E-state index in [4.69, 9.17) is 9.47 Å². The van der Waals surface area contributed by atoms with Crippen molar-refractivity contribution in [3.05, 3.63) is 66.9 Å². The highest BCUT2D eigenvalue weighted by Gasteiger charge is 2.15. The summed E-state index contributed by atoms with van der Waals surface area (Å²) in [6.07, 6.45) is 1.55. The number of rotatable bonds is 8. The molecule has 0 unspecified atom stereocenters. The lowest BCUT2D eigenvalue weighted by Gasteiger charge is -2.12. The fourth-order valence-electron chi connectivity index (χ4n) is 2.49. The number of anilines is 3. The van der Waals surface area contributed by atoms with Gasteiger partial charge in [0.25, 0.3) is 10.0 Å². The average Bonchev–Trinajstić information content (AvgIpc) is 2.71. The van der Waals surface area contributed by atoms with E-state index in [-0.39, 0.29) is 10.7 Å². The van der Waals surface area contributed by atoms with Crippen LogP contribution in [0.1, 0.15) is 6.92 Å². The Labute approximate surface area is 164 Å². The Bertz CT molecular complexity index is 1020. The third kappa shape index (κ3) is 4.72. The van der Waals surface area contributed by atoms with Gasteiger partial charge in [-0.2, -0.15) is 0 Å². The van der Waals surface area contributed by atoms with Crippen LogP contribution >= 0.6 is 0 Å². The van der Waals surface area contributed by atoms with Crippen molar-refractivity contribution < 1.29 is 17.9 Å². The lowest BCUT2D eigenvalue weighted by molar-refractivity contribution is 0.342. The molecular weight excluding hydrogens is 378 g/mol. The van der Waals surface area contributed by atoms with E-state index in [1.165, 1.54) is 19.2 Å². The predicted molar refractivity (Wildman–Crippen MR) is 109 cm³/mol. The monoisotopic (exact) mass is 399 g/mol. The molecule has 8 heteroatoms. The van der Waals surface area contributed by atoms with Crippen molar-refractivity contribution in [3.63, 3.8) is 0 Å². The van der Waals surface area contributed by atoms with Crippen LogP contribution in [0.25, 0.3) is 0 Å². The van der Waals surface area contributed by atoms with Crippen LogP contribution in [0, 0.1) is 0 Å². The second kappa shape index (κ2) is 8.62. The molecule has 0 spiro atoms. The number of benzene rings is 2. The number of para-hydroxylation sites is 2. The summed E-state index contributed by atoms with van der Waals surface area (Å²) in [7, 11) is -2.21. The molecule has 0 aliphatic carbocycles. The predicted octanol–water partition coefficient (Wildman–Crippen LogP) is 4.03. The molecule has 3 aromatic rings. The molecule has 0 aliphatic heterocycles. The standard InChI is InChI=1S/C20H21N3O4S/c1-3-27-19-7-5-4-6-18(19)22-15-8-13-20(21-14-15)23-28(24,25)17-11-9-16(26-2)10-12-17/h4-14,22H,3H2,1-2H3,(H,21,23). The van der Waals surface area contributed by atoms with Crippen LogP contribution in [0.4, 0.5) is 17.2 Å². The van der Waals surface area contributed by atoms with Crippen LogP contribution in [0.3, 0.4) is 0 Å². The molecular formula is C20H21N3O4S. The summed E-state index contributed by atoms with van der Waals surface area (Å²) < 4.78 is 38.0. The molecule has 0 radical (unpaired) electrons. The van der Waals surface area contributed by atoms with Crippen LogP contribution in [0.5, 0.6) is 11.5 Å². The minimum atomic E-state index is -3.73. The number of pyridine rings is 1. The summed E-state index contributed by atoms with van der Waals surface area (Å²) >= 11 is 0. The Morgan fingerprint density at radius 1 is 1.00 bits per heavy atom. The number of hydrogen-bond donors (Lipinski definition) is 2. The number of aromatic nitrogens is 1. The normalized spacial score (nSPS) is 10.9. The van der Waals surface area contributed by atoms with E-state index in [0.717, 1.165) is 11.4 Å². The molecule has 0 saturated heterocycles. The Morgan fingerprint density at radius 3 is 2.39 bits per heavy atom. The largest absolute Gasteiger partial charge is 0.497 e. The summed E-state index contributed by atoms with van der Waals surface area (Å²) in [4.78, 5) is 4.30. The van der Waals surface area contributed by atoms with Crippen molar-refractivity contribution in [2.45, 2.75) is 11.8 Å². The van der Waals surface area contributed by atoms with Crippen molar-refractivity contribution in [1.29, 1.82) is 0 Å². The third-order valence-corrected chi connectivity index (χ3v) is 5.21. The van der Waals surface area contributed by atoms with Gasteiger partial charge in [-0.25, -0.2) is 13.4 Å². The van der Waals surface area contributed by atoms with E-state index in [0.29, 0.717) is 18.0 Å². The van der Waals surface area contributed by atoms with Crippen molar-refractivity contribution in [1.82, 2.24) is 4.98 Å². The molecule has 0 fully saturated rings. The molecule has 3 rings (SSSR count). The number of hydrogen-bond acceptors (Lipinski definition) is 6. The molecule has 2 aromatic carbocycles. The van der Waals surface area contributed by atoms with Crippen molar-refractivity contribution >= 4 is 27.2 Å². The van der Waals surface area contributed by atoms with Crippen LogP contribution in [0.2, 0.25) is 0 Å². The first kappa shape index (κ1) is 19.5. The fraction of sp³-hybridized carbons (Fsp3) is 0.150. The highest BCUT2D eigenvalue weighted by Crippen LogP contribution is 2.27. The number of nitrogens with zero attached hydrogens (tertiary/aromatic N) is 1. The van der Waals surface area contributed by atoms with Gasteiger partial charge in [-0.05, 0) is 55.5 Å². The van der Waals surface area contributed by atoms with E-state index < -0.39 is 10.0 Å². The van der Waals surface area contributed by atoms with Gasteiger partial charge in [0.1, 0.15) is 17.3 Å². The minimum Gasteiger partial charge on any atom is -0.497 e. The van der Waals surface area contributed by atoms with Crippen LogP contribution in [-0.2, 0) is 10.0 Å². The van der Waals surface area contributed by atoms with Crippen molar-refractivity contribution in [2.75, 3.05) is 23.8 Å². The second-order valence-electron chi connectivity index (χ2n) is 5.77. The Kier molecular flexibility index (Phi) is 6.00. The molecule has 2 N–H and O–H groups in total. The van der Waals surface area contributed by atoms with Gasteiger partial charge in [0, 0.05) is 0 Å². The quantitative estimate of drug-likeness (QED) is 0.594. The van der Waals surface area contributed by atoms with Gasteiger partial charge in [0.2, 0.25) is 0 Å². The lowest BCUT2D eigenvalue weighted by atomic mass is 10.2. The first-order valence-corrected chi connectivity index (χ1v) is 10.1. The Morgan fingerprint density at radius 2 is 1.75 bits per heavy atom. The minimum absolute atomic E-state index is 0.128. The topological polar surface area (TPSA) is 89.6 Å². The number of nitrogens with one attached hydrogen (secondary N) is 2. The first-order chi connectivity index (χ1) is 13.5. The highest BCUT2D eigenvalue weighted by molar-refractivity contribution is 7.92. The smallest absolute Gasteiger partial charge is 0.263 e.